The Kier molecular flexibility index (Phi) is 4.03. The van der Waals surface area contributed by atoms with Crippen LogP contribution in [0.3, 0.4) is 0 Å². The van der Waals surface area contributed by atoms with Gasteiger partial charge in [-0.25, -0.2) is 9.48 Å². The predicted molar refractivity (Wildman–Crippen MR) is 73.5 cm³/mol. The quantitative estimate of drug-likeness (QED) is 0.737. The van der Waals surface area contributed by atoms with Gasteiger partial charge in [-0.3, -0.25) is 13.9 Å². The molecule has 20 heavy (non-hydrogen) atoms. The van der Waals surface area contributed by atoms with E-state index in [0.717, 1.165) is 6.42 Å². The van der Waals surface area contributed by atoms with E-state index in [1.165, 1.54) is 13.8 Å². The summed E-state index contributed by atoms with van der Waals surface area (Å²) in [6.45, 7) is 2.05. The van der Waals surface area contributed by atoms with Gasteiger partial charge in [-0.2, -0.15) is 0 Å². The summed E-state index contributed by atoms with van der Waals surface area (Å²) in [6.07, 6.45) is 1.72. The number of nitrogens with zero attached hydrogens (tertiary/aromatic N) is 5. The van der Waals surface area contributed by atoms with Crippen molar-refractivity contribution in [2.45, 2.75) is 38.8 Å². The maximum absolute atomic E-state index is 12.3. The first-order chi connectivity index (χ1) is 9.43. The summed E-state index contributed by atoms with van der Waals surface area (Å²) >= 11 is 0. The summed E-state index contributed by atoms with van der Waals surface area (Å²) < 4.78 is 3.91. The van der Waals surface area contributed by atoms with Gasteiger partial charge in [0.2, 0.25) is 0 Å². The molecule has 0 bridgehead atoms. The van der Waals surface area contributed by atoms with Crippen LogP contribution in [0.5, 0.6) is 0 Å². The molecule has 0 aliphatic heterocycles. The Balaban J connectivity index is 2.36. The highest BCUT2D eigenvalue weighted by Gasteiger charge is 2.15. The fraction of sp³-hybridized carbons (Fsp3) is 0.667. The number of hydrogen-bond acceptors (Lipinski definition) is 5. The van der Waals surface area contributed by atoms with Gasteiger partial charge < -0.3 is 5.11 Å². The van der Waals surface area contributed by atoms with Crippen LogP contribution in [0.1, 0.15) is 26.2 Å². The molecule has 1 unspecified atom stereocenters. The van der Waals surface area contributed by atoms with E-state index in [0.29, 0.717) is 30.6 Å². The lowest BCUT2D eigenvalue weighted by molar-refractivity contribution is 0.180. The molecule has 8 nitrogen and oxygen atoms in total. The molecule has 2 rings (SSSR count). The summed E-state index contributed by atoms with van der Waals surface area (Å²) in [5.74, 6) is 0. The van der Waals surface area contributed by atoms with E-state index in [1.807, 2.05) is 0 Å². The molecule has 8 heteroatoms. The molecule has 0 saturated heterocycles. The minimum atomic E-state index is -0.389. The van der Waals surface area contributed by atoms with Gasteiger partial charge in [-0.15, -0.1) is 5.10 Å². The highest BCUT2D eigenvalue weighted by Crippen LogP contribution is 2.03. The topological polar surface area (TPSA) is 94.9 Å². The van der Waals surface area contributed by atoms with E-state index >= 15 is 0 Å². The summed E-state index contributed by atoms with van der Waals surface area (Å²) in [5, 5.41) is 16.8. The molecule has 0 fully saturated rings. The van der Waals surface area contributed by atoms with Gasteiger partial charge in [0.15, 0.2) is 11.2 Å². The summed E-state index contributed by atoms with van der Waals surface area (Å²) in [7, 11) is 3.20. The van der Waals surface area contributed by atoms with Gasteiger partial charge in [0.05, 0.1) is 6.10 Å². The van der Waals surface area contributed by atoms with Crippen molar-refractivity contribution >= 4 is 11.2 Å². The SMILES string of the molecule is CC(O)CCCCn1c(=O)c2c(nnn2C)n(C)c1=O. The lowest BCUT2D eigenvalue weighted by Crippen LogP contribution is -2.39. The maximum atomic E-state index is 12.3. The van der Waals surface area contributed by atoms with Crippen molar-refractivity contribution in [3.05, 3.63) is 20.8 Å². The van der Waals surface area contributed by atoms with Gasteiger partial charge in [0.25, 0.3) is 5.56 Å². The van der Waals surface area contributed by atoms with E-state index < -0.39 is 0 Å². The lowest BCUT2D eigenvalue weighted by Gasteiger charge is -2.08. The molecule has 0 amide bonds. The Morgan fingerprint density at radius 1 is 1.25 bits per heavy atom. The van der Waals surface area contributed by atoms with Gasteiger partial charge in [0, 0.05) is 20.6 Å². The fourth-order valence-corrected chi connectivity index (χ4v) is 2.20. The minimum absolute atomic E-state index is 0.294. The average Bonchev–Trinajstić information content (AvgIpc) is 2.77. The number of aromatic nitrogens is 5. The second kappa shape index (κ2) is 5.58. The predicted octanol–water partition coefficient (Wildman–Crippen LogP) is -0.620. The molecular formula is C12H19N5O3. The highest BCUT2D eigenvalue weighted by molar-refractivity contribution is 5.68. The summed E-state index contributed by atoms with van der Waals surface area (Å²) in [4.78, 5) is 24.5. The molecule has 2 aromatic heterocycles. The van der Waals surface area contributed by atoms with Crippen LogP contribution >= 0.6 is 0 Å². The Morgan fingerprint density at radius 3 is 2.60 bits per heavy atom. The zero-order valence-corrected chi connectivity index (χ0v) is 11.9. The lowest BCUT2D eigenvalue weighted by atomic mass is 10.2. The van der Waals surface area contributed by atoms with Crippen LogP contribution in [-0.4, -0.2) is 35.3 Å². The Bertz CT molecular complexity index is 725. The van der Waals surface area contributed by atoms with Crippen LogP contribution < -0.4 is 11.2 Å². The van der Waals surface area contributed by atoms with Crippen molar-refractivity contribution < 1.29 is 5.11 Å². The molecule has 0 spiro atoms. The van der Waals surface area contributed by atoms with Gasteiger partial charge in [-0.1, -0.05) is 5.21 Å². The second-order valence-electron chi connectivity index (χ2n) is 5.03. The number of aliphatic hydroxyl groups excluding tert-OH is 1. The molecule has 0 radical (unpaired) electrons. The number of aryl methyl sites for hydroxylation is 2. The highest BCUT2D eigenvalue weighted by atomic mass is 16.3. The third-order valence-electron chi connectivity index (χ3n) is 3.35. The Hall–Kier alpha value is -1.96. The second-order valence-corrected chi connectivity index (χ2v) is 5.03. The van der Waals surface area contributed by atoms with Crippen LogP contribution in [0.15, 0.2) is 9.59 Å². The fourth-order valence-electron chi connectivity index (χ4n) is 2.20. The zero-order valence-electron chi connectivity index (χ0n) is 11.9. The molecule has 2 heterocycles. The number of unbranched alkanes of at least 4 members (excludes halogenated alkanes) is 1. The normalized spacial score (nSPS) is 13.0. The van der Waals surface area contributed by atoms with E-state index in [-0.39, 0.29) is 17.4 Å². The molecule has 0 saturated carbocycles. The smallest absolute Gasteiger partial charge is 0.332 e. The van der Waals surface area contributed by atoms with E-state index in [9.17, 15) is 14.7 Å². The van der Waals surface area contributed by atoms with Crippen molar-refractivity contribution in [3.63, 3.8) is 0 Å². The molecule has 0 aromatic carbocycles. The van der Waals surface area contributed by atoms with E-state index in [2.05, 4.69) is 10.3 Å². The molecule has 2 aromatic rings. The molecule has 1 N–H and O–H groups in total. The standard InChI is InChI=1S/C12H19N5O3/c1-8(18)6-4-5-7-17-11(19)9-10(13-14-16(9)3)15(2)12(17)20/h8,18H,4-7H2,1-3H3. The van der Waals surface area contributed by atoms with E-state index in [4.69, 9.17) is 0 Å². The molecule has 0 aliphatic rings. The minimum Gasteiger partial charge on any atom is -0.393 e. The van der Waals surface area contributed by atoms with Gasteiger partial charge >= 0.3 is 5.69 Å². The maximum Gasteiger partial charge on any atom is 0.332 e. The van der Waals surface area contributed by atoms with Crippen molar-refractivity contribution in [1.29, 1.82) is 0 Å². The molecular weight excluding hydrogens is 262 g/mol. The largest absolute Gasteiger partial charge is 0.393 e. The summed E-state index contributed by atoms with van der Waals surface area (Å²) in [5.41, 5.74) is -0.141. The van der Waals surface area contributed by atoms with Crippen LogP contribution in [0.25, 0.3) is 11.2 Å². The number of hydrogen-bond donors (Lipinski definition) is 1. The third-order valence-corrected chi connectivity index (χ3v) is 3.35. The monoisotopic (exact) mass is 281 g/mol. The van der Waals surface area contributed by atoms with Crippen LogP contribution in [0.2, 0.25) is 0 Å². The van der Waals surface area contributed by atoms with Gasteiger partial charge in [0.1, 0.15) is 0 Å². The van der Waals surface area contributed by atoms with Crippen LogP contribution in [-0.2, 0) is 20.6 Å². The van der Waals surface area contributed by atoms with Crippen molar-refractivity contribution in [2.75, 3.05) is 0 Å². The van der Waals surface area contributed by atoms with Crippen molar-refractivity contribution in [3.8, 4) is 0 Å². The number of fused-ring (bicyclic) bond motifs is 1. The first-order valence-electron chi connectivity index (χ1n) is 6.60. The summed E-state index contributed by atoms with van der Waals surface area (Å²) in [6, 6.07) is 0. The van der Waals surface area contributed by atoms with Gasteiger partial charge in [-0.05, 0) is 26.2 Å². The van der Waals surface area contributed by atoms with Crippen molar-refractivity contribution in [1.82, 2.24) is 24.1 Å². The Labute approximate surface area is 115 Å². The average molecular weight is 281 g/mol. The number of rotatable bonds is 5. The first kappa shape index (κ1) is 14.4. The zero-order chi connectivity index (χ0) is 14.9. The van der Waals surface area contributed by atoms with Crippen LogP contribution in [0.4, 0.5) is 0 Å². The van der Waals surface area contributed by atoms with E-state index in [1.54, 1.807) is 21.0 Å². The van der Waals surface area contributed by atoms with Crippen molar-refractivity contribution in [2.24, 2.45) is 14.1 Å². The molecule has 1 atom stereocenters. The first-order valence-corrected chi connectivity index (χ1v) is 6.60. The molecule has 0 aliphatic carbocycles. The van der Waals surface area contributed by atoms with Crippen LogP contribution in [0, 0.1) is 0 Å². The Morgan fingerprint density at radius 2 is 1.95 bits per heavy atom. The third kappa shape index (κ3) is 2.51. The molecule has 110 valence electrons. The number of aliphatic hydroxyl groups is 1.